The van der Waals surface area contributed by atoms with E-state index in [4.69, 9.17) is 12.2 Å². The van der Waals surface area contributed by atoms with Crippen molar-refractivity contribution in [1.29, 1.82) is 0 Å². The molecule has 1 aliphatic rings. The van der Waals surface area contributed by atoms with E-state index < -0.39 is 0 Å². The number of rotatable bonds is 3. The SMILES string of the molecule is CCC1(Cn2cn[nH]c2=S)CC1. The van der Waals surface area contributed by atoms with Crippen molar-refractivity contribution in [3.8, 4) is 0 Å². The first-order chi connectivity index (χ1) is 5.76. The standard InChI is InChI=1S/C8H13N3S/c1-2-8(3-4-8)5-11-6-9-10-7(11)12/h6H,2-5H2,1H3,(H,10,12). The zero-order chi connectivity index (χ0) is 8.60. The van der Waals surface area contributed by atoms with Gasteiger partial charge in [0.1, 0.15) is 6.33 Å². The molecule has 66 valence electrons. The van der Waals surface area contributed by atoms with E-state index in [9.17, 15) is 0 Å². The Morgan fingerprint density at radius 2 is 2.50 bits per heavy atom. The lowest BCUT2D eigenvalue weighted by atomic mass is 10.0. The number of aromatic nitrogens is 3. The van der Waals surface area contributed by atoms with Crippen molar-refractivity contribution in [2.45, 2.75) is 32.7 Å². The van der Waals surface area contributed by atoms with Crippen LogP contribution in [0.2, 0.25) is 0 Å². The lowest BCUT2D eigenvalue weighted by Gasteiger charge is -2.11. The highest BCUT2D eigenvalue weighted by molar-refractivity contribution is 7.71. The molecule has 0 saturated heterocycles. The number of nitrogens with zero attached hydrogens (tertiary/aromatic N) is 2. The van der Waals surface area contributed by atoms with Gasteiger partial charge in [0.05, 0.1) is 0 Å². The lowest BCUT2D eigenvalue weighted by molar-refractivity contribution is 0.406. The highest BCUT2D eigenvalue weighted by atomic mass is 32.1. The Morgan fingerprint density at radius 1 is 1.75 bits per heavy atom. The molecule has 0 amide bonds. The molecule has 0 aliphatic heterocycles. The molecule has 4 heteroatoms. The first-order valence-electron chi connectivity index (χ1n) is 4.36. The highest BCUT2D eigenvalue weighted by Crippen LogP contribution is 2.49. The minimum absolute atomic E-state index is 0.544. The average Bonchev–Trinajstić information content (AvgIpc) is 2.74. The van der Waals surface area contributed by atoms with Gasteiger partial charge in [-0.15, -0.1) is 0 Å². The van der Waals surface area contributed by atoms with Crippen LogP contribution in [0.3, 0.4) is 0 Å². The van der Waals surface area contributed by atoms with Crippen molar-refractivity contribution in [3.05, 3.63) is 11.1 Å². The van der Waals surface area contributed by atoms with Crippen LogP contribution in [0.25, 0.3) is 0 Å². The number of hydrogen-bond donors (Lipinski definition) is 1. The van der Waals surface area contributed by atoms with Crippen LogP contribution in [0.5, 0.6) is 0 Å². The van der Waals surface area contributed by atoms with Crippen molar-refractivity contribution in [2.75, 3.05) is 0 Å². The summed E-state index contributed by atoms with van der Waals surface area (Å²) in [5.74, 6) is 0. The van der Waals surface area contributed by atoms with Gasteiger partial charge in [0, 0.05) is 6.54 Å². The van der Waals surface area contributed by atoms with Crippen molar-refractivity contribution in [3.63, 3.8) is 0 Å². The molecule has 0 unspecified atom stereocenters. The number of hydrogen-bond acceptors (Lipinski definition) is 2. The van der Waals surface area contributed by atoms with E-state index in [1.54, 1.807) is 6.33 Å². The lowest BCUT2D eigenvalue weighted by Crippen LogP contribution is -2.09. The third kappa shape index (κ3) is 1.31. The normalized spacial score (nSPS) is 19.4. The third-order valence-corrected chi connectivity index (χ3v) is 3.16. The second-order valence-corrected chi connectivity index (χ2v) is 4.03. The number of aromatic amines is 1. The van der Waals surface area contributed by atoms with Crippen LogP contribution in [0.15, 0.2) is 6.33 Å². The van der Waals surface area contributed by atoms with Crippen LogP contribution in [-0.4, -0.2) is 14.8 Å². The largest absolute Gasteiger partial charge is 0.306 e. The van der Waals surface area contributed by atoms with Crippen molar-refractivity contribution >= 4 is 12.2 Å². The van der Waals surface area contributed by atoms with Crippen LogP contribution in [-0.2, 0) is 6.54 Å². The van der Waals surface area contributed by atoms with E-state index >= 15 is 0 Å². The smallest absolute Gasteiger partial charge is 0.194 e. The summed E-state index contributed by atoms with van der Waals surface area (Å²) in [5, 5.41) is 6.67. The van der Waals surface area contributed by atoms with Gasteiger partial charge >= 0.3 is 0 Å². The predicted octanol–water partition coefficient (Wildman–Crippen LogP) is 2.13. The van der Waals surface area contributed by atoms with Crippen molar-refractivity contribution in [2.24, 2.45) is 5.41 Å². The van der Waals surface area contributed by atoms with Gasteiger partial charge in [0.2, 0.25) is 0 Å². The molecule has 1 saturated carbocycles. The summed E-state index contributed by atoms with van der Waals surface area (Å²) < 4.78 is 2.78. The van der Waals surface area contributed by atoms with E-state index in [0.29, 0.717) is 5.41 Å². The average molecular weight is 183 g/mol. The van der Waals surface area contributed by atoms with E-state index in [0.717, 1.165) is 11.3 Å². The quantitative estimate of drug-likeness (QED) is 0.728. The van der Waals surface area contributed by atoms with Gasteiger partial charge in [-0.2, -0.15) is 5.10 Å². The summed E-state index contributed by atoms with van der Waals surface area (Å²) in [7, 11) is 0. The van der Waals surface area contributed by atoms with Crippen LogP contribution in [0.4, 0.5) is 0 Å². The van der Waals surface area contributed by atoms with Crippen LogP contribution >= 0.6 is 12.2 Å². The Hall–Kier alpha value is -0.640. The third-order valence-electron chi connectivity index (χ3n) is 2.83. The molecule has 1 N–H and O–H groups in total. The van der Waals surface area contributed by atoms with Crippen LogP contribution in [0, 0.1) is 10.2 Å². The Morgan fingerprint density at radius 3 is 2.92 bits per heavy atom. The molecular weight excluding hydrogens is 170 g/mol. The first-order valence-corrected chi connectivity index (χ1v) is 4.76. The van der Waals surface area contributed by atoms with E-state index in [1.807, 2.05) is 4.57 Å². The zero-order valence-corrected chi connectivity index (χ0v) is 8.02. The monoisotopic (exact) mass is 183 g/mol. The molecule has 1 heterocycles. The molecular formula is C8H13N3S. The summed E-state index contributed by atoms with van der Waals surface area (Å²) in [5.41, 5.74) is 0.544. The first kappa shape index (κ1) is 7.98. The van der Waals surface area contributed by atoms with Gasteiger partial charge in [0.25, 0.3) is 0 Å². The van der Waals surface area contributed by atoms with Gasteiger partial charge in [0.15, 0.2) is 4.77 Å². The Labute approximate surface area is 76.8 Å². The van der Waals surface area contributed by atoms with E-state index in [-0.39, 0.29) is 0 Å². The highest BCUT2D eigenvalue weighted by Gasteiger charge is 2.40. The minimum Gasteiger partial charge on any atom is -0.306 e. The molecule has 0 spiro atoms. The van der Waals surface area contributed by atoms with Gasteiger partial charge in [-0.1, -0.05) is 6.92 Å². The molecule has 12 heavy (non-hydrogen) atoms. The molecule has 0 radical (unpaired) electrons. The Bertz CT molecular complexity index is 321. The fraction of sp³-hybridized carbons (Fsp3) is 0.750. The molecule has 0 atom stereocenters. The van der Waals surface area contributed by atoms with Crippen LogP contribution in [0.1, 0.15) is 26.2 Å². The summed E-state index contributed by atoms with van der Waals surface area (Å²) in [6.07, 6.45) is 5.73. The Balaban J connectivity index is 2.14. The summed E-state index contributed by atoms with van der Waals surface area (Å²) in [4.78, 5) is 0. The van der Waals surface area contributed by atoms with E-state index in [2.05, 4.69) is 17.1 Å². The zero-order valence-electron chi connectivity index (χ0n) is 7.21. The van der Waals surface area contributed by atoms with Crippen LogP contribution < -0.4 is 0 Å². The minimum atomic E-state index is 0.544. The fourth-order valence-corrected chi connectivity index (χ4v) is 1.71. The second-order valence-electron chi connectivity index (χ2n) is 3.64. The maximum Gasteiger partial charge on any atom is 0.194 e. The van der Waals surface area contributed by atoms with Gasteiger partial charge in [-0.3, -0.25) is 5.10 Å². The number of H-pyrrole nitrogens is 1. The maximum atomic E-state index is 5.07. The second kappa shape index (κ2) is 2.69. The molecule has 1 aromatic rings. The van der Waals surface area contributed by atoms with Gasteiger partial charge < -0.3 is 4.57 Å². The molecule has 1 aliphatic carbocycles. The predicted molar refractivity (Wildman–Crippen MR) is 49.4 cm³/mol. The molecule has 1 aromatic heterocycles. The van der Waals surface area contributed by atoms with Gasteiger partial charge in [-0.05, 0) is 36.9 Å². The topological polar surface area (TPSA) is 33.6 Å². The summed E-state index contributed by atoms with van der Waals surface area (Å²) in [6.45, 7) is 3.29. The number of nitrogens with one attached hydrogen (secondary N) is 1. The van der Waals surface area contributed by atoms with Crippen molar-refractivity contribution < 1.29 is 0 Å². The Kier molecular flexibility index (Phi) is 1.79. The molecule has 2 rings (SSSR count). The van der Waals surface area contributed by atoms with Crippen molar-refractivity contribution in [1.82, 2.24) is 14.8 Å². The van der Waals surface area contributed by atoms with E-state index in [1.165, 1.54) is 19.3 Å². The molecule has 3 nitrogen and oxygen atoms in total. The summed E-state index contributed by atoms with van der Waals surface area (Å²) >= 11 is 5.07. The summed E-state index contributed by atoms with van der Waals surface area (Å²) in [6, 6.07) is 0. The van der Waals surface area contributed by atoms with Gasteiger partial charge in [-0.25, -0.2) is 0 Å². The molecule has 0 aromatic carbocycles. The molecule has 0 bridgehead atoms. The fourth-order valence-electron chi connectivity index (χ4n) is 1.54. The maximum absolute atomic E-state index is 5.07. The molecule has 1 fully saturated rings.